The van der Waals surface area contributed by atoms with Crippen molar-refractivity contribution in [3.63, 3.8) is 0 Å². The van der Waals surface area contributed by atoms with Crippen molar-refractivity contribution in [2.24, 2.45) is 0 Å². The molecule has 4 nitrogen and oxygen atoms in total. The number of phenols is 1. The molecule has 0 heterocycles. The number of hydrogen-bond acceptors (Lipinski definition) is 3. The summed E-state index contributed by atoms with van der Waals surface area (Å²) in [7, 11) is 1.48. The first-order chi connectivity index (χ1) is 7.10. The second-order valence-electron chi connectivity index (χ2n) is 3.24. The molecule has 0 amide bonds. The van der Waals surface area contributed by atoms with Gasteiger partial charge in [0.1, 0.15) is 17.1 Å². The molecular weight excluding hydrogens is 196 g/mol. The standard InChI is InChI=1S/C11H14O4/c1-3-4-7-5-8(15-2)6-9(12)10(7)11(13)14/h5-6,12H,3-4H2,1-2H3,(H,13,14). The third-order valence-electron chi connectivity index (χ3n) is 2.14. The smallest absolute Gasteiger partial charge is 0.339 e. The van der Waals surface area contributed by atoms with Gasteiger partial charge < -0.3 is 14.9 Å². The number of ether oxygens (including phenoxy) is 1. The van der Waals surface area contributed by atoms with E-state index in [1.807, 2.05) is 6.92 Å². The Morgan fingerprint density at radius 2 is 2.13 bits per heavy atom. The molecule has 1 aromatic rings. The minimum absolute atomic E-state index is 0.0300. The summed E-state index contributed by atoms with van der Waals surface area (Å²) in [5.74, 6) is -0.884. The van der Waals surface area contributed by atoms with Gasteiger partial charge in [-0.2, -0.15) is 0 Å². The number of aromatic hydroxyl groups is 1. The molecule has 0 aromatic heterocycles. The lowest BCUT2D eigenvalue weighted by atomic mass is 10.0. The second kappa shape index (κ2) is 4.68. The van der Waals surface area contributed by atoms with E-state index in [4.69, 9.17) is 9.84 Å². The summed E-state index contributed by atoms with van der Waals surface area (Å²) in [5, 5.41) is 18.5. The molecule has 1 rings (SSSR count). The SMILES string of the molecule is CCCc1cc(OC)cc(O)c1C(=O)O. The van der Waals surface area contributed by atoms with Gasteiger partial charge in [0.25, 0.3) is 0 Å². The fourth-order valence-corrected chi connectivity index (χ4v) is 1.49. The largest absolute Gasteiger partial charge is 0.507 e. The highest BCUT2D eigenvalue weighted by atomic mass is 16.5. The zero-order valence-corrected chi connectivity index (χ0v) is 8.78. The van der Waals surface area contributed by atoms with Crippen LogP contribution >= 0.6 is 0 Å². The lowest BCUT2D eigenvalue weighted by Gasteiger charge is -2.09. The van der Waals surface area contributed by atoms with E-state index < -0.39 is 5.97 Å². The maximum absolute atomic E-state index is 10.9. The molecule has 0 spiro atoms. The normalized spacial score (nSPS) is 10.0. The summed E-state index contributed by atoms with van der Waals surface area (Å²) >= 11 is 0. The Morgan fingerprint density at radius 1 is 1.47 bits per heavy atom. The van der Waals surface area contributed by atoms with Gasteiger partial charge in [-0.25, -0.2) is 4.79 Å². The van der Waals surface area contributed by atoms with E-state index in [2.05, 4.69) is 0 Å². The molecule has 0 aliphatic rings. The van der Waals surface area contributed by atoms with Gasteiger partial charge in [-0.1, -0.05) is 13.3 Å². The van der Waals surface area contributed by atoms with E-state index >= 15 is 0 Å². The van der Waals surface area contributed by atoms with Gasteiger partial charge in [-0.15, -0.1) is 0 Å². The molecule has 0 saturated heterocycles. The highest BCUT2D eigenvalue weighted by Gasteiger charge is 2.16. The third kappa shape index (κ3) is 2.40. The van der Waals surface area contributed by atoms with Crippen molar-refractivity contribution in [1.29, 1.82) is 0 Å². The number of carboxylic acid groups (broad SMARTS) is 1. The van der Waals surface area contributed by atoms with Crippen molar-refractivity contribution in [3.05, 3.63) is 23.3 Å². The molecule has 1 aromatic carbocycles. The molecule has 0 aliphatic carbocycles. The molecule has 4 heteroatoms. The highest BCUT2D eigenvalue weighted by Crippen LogP contribution is 2.28. The Labute approximate surface area is 88.1 Å². The number of aromatic carboxylic acids is 1. The zero-order valence-electron chi connectivity index (χ0n) is 8.78. The fraction of sp³-hybridized carbons (Fsp3) is 0.364. The van der Waals surface area contributed by atoms with E-state index in [9.17, 15) is 9.90 Å². The van der Waals surface area contributed by atoms with Crippen molar-refractivity contribution >= 4 is 5.97 Å². The van der Waals surface area contributed by atoms with Crippen LogP contribution in [0, 0.1) is 0 Å². The summed E-state index contributed by atoms with van der Waals surface area (Å²) in [4.78, 5) is 10.9. The fourth-order valence-electron chi connectivity index (χ4n) is 1.49. The van der Waals surface area contributed by atoms with Gasteiger partial charge in [0.2, 0.25) is 0 Å². The molecule has 0 unspecified atom stereocenters. The summed E-state index contributed by atoms with van der Waals surface area (Å²) in [5.41, 5.74) is 0.569. The summed E-state index contributed by atoms with van der Waals surface area (Å²) in [6.07, 6.45) is 1.42. The van der Waals surface area contributed by atoms with Gasteiger partial charge >= 0.3 is 5.97 Å². The van der Waals surface area contributed by atoms with Crippen molar-refractivity contribution in [2.75, 3.05) is 7.11 Å². The molecule has 2 N–H and O–H groups in total. The Hall–Kier alpha value is -1.71. The van der Waals surface area contributed by atoms with Gasteiger partial charge in [-0.3, -0.25) is 0 Å². The Morgan fingerprint density at radius 3 is 2.60 bits per heavy atom. The average Bonchev–Trinajstić information content (AvgIpc) is 2.16. The minimum atomic E-state index is -1.11. The Balaban J connectivity index is 3.28. The number of rotatable bonds is 4. The second-order valence-corrected chi connectivity index (χ2v) is 3.24. The van der Waals surface area contributed by atoms with Crippen LogP contribution in [0.3, 0.4) is 0 Å². The summed E-state index contributed by atoms with van der Waals surface area (Å²) < 4.78 is 4.96. The predicted molar refractivity (Wildman–Crippen MR) is 55.6 cm³/mol. The van der Waals surface area contributed by atoms with E-state index in [-0.39, 0.29) is 11.3 Å². The molecule has 0 atom stereocenters. The van der Waals surface area contributed by atoms with Crippen molar-refractivity contribution < 1.29 is 19.7 Å². The van der Waals surface area contributed by atoms with E-state index in [0.717, 1.165) is 6.42 Å². The zero-order chi connectivity index (χ0) is 11.4. The van der Waals surface area contributed by atoms with Crippen LogP contribution < -0.4 is 4.74 Å². The van der Waals surface area contributed by atoms with Crippen molar-refractivity contribution in [3.8, 4) is 11.5 Å². The van der Waals surface area contributed by atoms with Crippen LogP contribution in [0.15, 0.2) is 12.1 Å². The average molecular weight is 210 g/mol. The summed E-state index contributed by atoms with van der Waals surface area (Å²) in [6, 6.07) is 2.95. The quantitative estimate of drug-likeness (QED) is 0.798. The first-order valence-corrected chi connectivity index (χ1v) is 4.73. The molecule has 0 fully saturated rings. The lowest BCUT2D eigenvalue weighted by Crippen LogP contribution is -2.03. The first-order valence-electron chi connectivity index (χ1n) is 4.73. The Kier molecular flexibility index (Phi) is 3.55. The van der Waals surface area contributed by atoms with Gasteiger partial charge in [0.15, 0.2) is 0 Å². The summed E-state index contributed by atoms with van der Waals surface area (Å²) in [6.45, 7) is 1.95. The minimum Gasteiger partial charge on any atom is -0.507 e. The molecule has 0 saturated carbocycles. The number of carbonyl (C=O) groups is 1. The van der Waals surface area contributed by atoms with Crippen LogP contribution in [0.25, 0.3) is 0 Å². The predicted octanol–water partition coefficient (Wildman–Crippen LogP) is 2.05. The molecule has 15 heavy (non-hydrogen) atoms. The molecule has 0 radical (unpaired) electrons. The van der Waals surface area contributed by atoms with Crippen LogP contribution in [-0.2, 0) is 6.42 Å². The molecule has 0 bridgehead atoms. The molecule has 0 aliphatic heterocycles. The van der Waals surface area contributed by atoms with Crippen LogP contribution in [0.5, 0.6) is 11.5 Å². The molecular formula is C11H14O4. The number of hydrogen-bond donors (Lipinski definition) is 2. The lowest BCUT2D eigenvalue weighted by molar-refractivity contribution is 0.0692. The van der Waals surface area contributed by atoms with Crippen molar-refractivity contribution in [2.45, 2.75) is 19.8 Å². The number of carboxylic acids is 1. The monoisotopic (exact) mass is 210 g/mol. The molecule has 82 valence electrons. The van der Waals surface area contributed by atoms with Crippen LogP contribution in [-0.4, -0.2) is 23.3 Å². The Bertz CT molecular complexity index is 371. The van der Waals surface area contributed by atoms with E-state index in [1.54, 1.807) is 6.07 Å². The number of benzene rings is 1. The van der Waals surface area contributed by atoms with Crippen LogP contribution in [0.2, 0.25) is 0 Å². The maximum atomic E-state index is 10.9. The van der Waals surface area contributed by atoms with Gasteiger partial charge in [0.05, 0.1) is 7.11 Å². The van der Waals surface area contributed by atoms with Gasteiger partial charge in [0, 0.05) is 6.07 Å². The topological polar surface area (TPSA) is 66.8 Å². The third-order valence-corrected chi connectivity index (χ3v) is 2.14. The number of aryl methyl sites for hydroxylation is 1. The van der Waals surface area contributed by atoms with Crippen molar-refractivity contribution in [1.82, 2.24) is 0 Å². The van der Waals surface area contributed by atoms with Crippen LogP contribution in [0.4, 0.5) is 0 Å². The van der Waals surface area contributed by atoms with E-state index in [1.165, 1.54) is 13.2 Å². The van der Waals surface area contributed by atoms with E-state index in [0.29, 0.717) is 17.7 Å². The van der Waals surface area contributed by atoms with Crippen LogP contribution in [0.1, 0.15) is 29.3 Å². The van der Waals surface area contributed by atoms with Gasteiger partial charge in [-0.05, 0) is 18.1 Å². The highest BCUT2D eigenvalue weighted by molar-refractivity contribution is 5.92. The first kappa shape index (κ1) is 11.4. The maximum Gasteiger partial charge on any atom is 0.339 e. The number of methoxy groups -OCH3 is 1.